The van der Waals surface area contributed by atoms with Gasteiger partial charge in [-0.1, -0.05) is 18.5 Å². The van der Waals surface area contributed by atoms with Gasteiger partial charge in [-0.2, -0.15) is 0 Å². The smallest absolute Gasteiger partial charge is 0.313 e. The average molecular weight is 230 g/mol. The molecular weight excluding hydrogens is 222 g/mol. The Morgan fingerprint density at radius 2 is 2.27 bits per heavy atom. The van der Waals surface area contributed by atoms with Crippen molar-refractivity contribution in [3.8, 4) is 5.75 Å². The lowest BCUT2D eigenvalue weighted by molar-refractivity contribution is -0.385. The van der Waals surface area contributed by atoms with E-state index in [1.165, 1.54) is 12.1 Å². The number of hydrogen-bond acceptors (Lipinski definition) is 4. The fourth-order valence-electron chi connectivity index (χ4n) is 0.914. The minimum absolute atomic E-state index is 0.0868. The molecule has 0 saturated heterocycles. The van der Waals surface area contributed by atoms with E-state index in [9.17, 15) is 14.9 Å². The summed E-state index contributed by atoms with van der Waals surface area (Å²) >= 11 is 5.59. The van der Waals surface area contributed by atoms with Crippen molar-refractivity contribution in [1.29, 1.82) is 0 Å². The highest BCUT2D eigenvalue weighted by Gasteiger charge is 2.17. The first-order valence-electron chi connectivity index (χ1n) is 4.19. The van der Waals surface area contributed by atoms with Crippen molar-refractivity contribution < 1.29 is 14.5 Å². The molecule has 0 aliphatic rings. The number of carbonyl (C=O) groups excluding carboxylic acids is 1. The molecule has 0 fully saturated rings. The van der Waals surface area contributed by atoms with Gasteiger partial charge in [-0.3, -0.25) is 14.9 Å². The van der Waals surface area contributed by atoms with E-state index in [4.69, 9.17) is 16.3 Å². The van der Waals surface area contributed by atoms with Gasteiger partial charge in [-0.05, 0) is 12.1 Å². The summed E-state index contributed by atoms with van der Waals surface area (Å²) in [6, 6.07) is 3.86. The number of rotatable bonds is 3. The van der Waals surface area contributed by atoms with Crippen LogP contribution in [0.1, 0.15) is 13.3 Å². The normalized spacial score (nSPS) is 9.73. The number of halogens is 1. The number of nitrogens with zero attached hydrogens (tertiary/aromatic N) is 1. The van der Waals surface area contributed by atoms with E-state index in [1.54, 1.807) is 6.92 Å². The molecule has 1 aromatic rings. The highest BCUT2D eigenvalue weighted by atomic mass is 35.5. The van der Waals surface area contributed by atoms with Crippen molar-refractivity contribution in [3.63, 3.8) is 0 Å². The van der Waals surface area contributed by atoms with Gasteiger partial charge in [0.15, 0.2) is 0 Å². The summed E-state index contributed by atoms with van der Waals surface area (Å²) in [5.41, 5.74) is -0.315. The summed E-state index contributed by atoms with van der Waals surface area (Å²) in [5, 5.41) is 10.8. The topological polar surface area (TPSA) is 69.4 Å². The average Bonchev–Trinajstić information content (AvgIpc) is 2.20. The van der Waals surface area contributed by atoms with Gasteiger partial charge in [0.05, 0.1) is 4.92 Å². The lowest BCUT2D eigenvalue weighted by Gasteiger charge is -2.03. The SMILES string of the molecule is CCC(=O)Oc1ccc(Cl)cc1[N+](=O)[O-]. The highest BCUT2D eigenvalue weighted by molar-refractivity contribution is 6.30. The highest BCUT2D eigenvalue weighted by Crippen LogP contribution is 2.29. The van der Waals surface area contributed by atoms with Crippen LogP contribution in [0.25, 0.3) is 0 Å². The predicted molar refractivity (Wildman–Crippen MR) is 54.0 cm³/mol. The van der Waals surface area contributed by atoms with Crippen LogP contribution in [0.4, 0.5) is 5.69 Å². The molecule has 0 amide bonds. The Bertz CT molecular complexity index is 405. The van der Waals surface area contributed by atoms with Crippen LogP contribution in [0, 0.1) is 10.1 Å². The van der Waals surface area contributed by atoms with Crippen molar-refractivity contribution in [1.82, 2.24) is 0 Å². The van der Waals surface area contributed by atoms with Crippen LogP contribution in [-0.4, -0.2) is 10.9 Å². The molecule has 0 spiro atoms. The molecule has 80 valence electrons. The Hall–Kier alpha value is -1.62. The first-order chi connectivity index (χ1) is 7.04. The van der Waals surface area contributed by atoms with Crippen LogP contribution < -0.4 is 4.74 Å². The maximum atomic E-state index is 11.0. The van der Waals surface area contributed by atoms with Crippen molar-refractivity contribution >= 4 is 23.3 Å². The molecule has 0 heterocycles. The zero-order valence-electron chi connectivity index (χ0n) is 7.90. The largest absolute Gasteiger partial charge is 0.419 e. The van der Waals surface area contributed by atoms with Gasteiger partial charge in [0.1, 0.15) is 0 Å². The third kappa shape index (κ3) is 2.92. The van der Waals surface area contributed by atoms with Crippen molar-refractivity contribution in [3.05, 3.63) is 33.3 Å². The minimum atomic E-state index is -0.649. The van der Waals surface area contributed by atoms with E-state index in [1.807, 2.05) is 0 Å². The molecule has 0 aliphatic carbocycles. The van der Waals surface area contributed by atoms with E-state index < -0.39 is 10.9 Å². The molecule has 1 rings (SSSR count). The van der Waals surface area contributed by atoms with Crippen LogP contribution in [0.3, 0.4) is 0 Å². The Balaban J connectivity index is 3.06. The van der Waals surface area contributed by atoms with Crippen molar-refractivity contribution in [2.24, 2.45) is 0 Å². The van der Waals surface area contributed by atoms with Crippen LogP contribution >= 0.6 is 11.6 Å². The molecule has 6 heteroatoms. The Kier molecular flexibility index (Phi) is 3.62. The number of ether oxygens (including phenoxy) is 1. The van der Waals surface area contributed by atoms with Gasteiger partial charge < -0.3 is 4.74 Å². The van der Waals surface area contributed by atoms with Gasteiger partial charge >= 0.3 is 11.7 Å². The number of nitro benzene ring substituents is 1. The molecule has 15 heavy (non-hydrogen) atoms. The second kappa shape index (κ2) is 4.75. The quantitative estimate of drug-likeness (QED) is 0.346. The maximum absolute atomic E-state index is 11.0. The van der Waals surface area contributed by atoms with E-state index >= 15 is 0 Å². The fraction of sp³-hybridized carbons (Fsp3) is 0.222. The summed E-state index contributed by atoms with van der Waals surface area (Å²) in [7, 11) is 0. The molecule has 0 bridgehead atoms. The van der Waals surface area contributed by atoms with Gasteiger partial charge in [0.2, 0.25) is 5.75 Å². The lowest BCUT2D eigenvalue weighted by Crippen LogP contribution is -2.07. The molecule has 0 aromatic heterocycles. The summed E-state index contributed by atoms with van der Waals surface area (Å²) in [6.45, 7) is 1.60. The first-order valence-corrected chi connectivity index (χ1v) is 4.57. The molecule has 0 aliphatic heterocycles. The minimum Gasteiger partial charge on any atom is -0.419 e. The molecule has 0 radical (unpaired) electrons. The van der Waals surface area contributed by atoms with Crippen LogP contribution in [0.15, 0.2) is 18.2 Å². The standard InChI is InChI=1S/C9H8ClNO4/c1-2-9(12)15-8-4-3-6(10)5-7(8)11(13)14/h3-5H,2H2,1H3. The summed E-state index contributed by atoms with van der Waals surface area (Å²) in [6.07, 6.45) is 0.153. The van der Waals surface area contributed by atoms with Crippen LogP contribution in [0.5, 0.6) is 5.75 Å². The zero-order valence-corrected chi connectivity index (χ0v) is 8.65. The van der Waals surface area contributed by atoms with Gasteiger partial charge in [-0.25, -0.2) is 0 Å². The van der Waals surface area contributed by atoms with Crippen LogP contribution in [-0.2, 0) is 4.79 Å². The van der Waals surface area contributed by atoms with E-state index in [0.29, 0.717) is 0 Å². The second-order valence-electron chi connectivity index (χ2n) is 2.70. The monoisotopic (exact) mass is 229 g/mol. The Morgan fingerprint density at radius 1 is 1.60 bits per heavy atom. The third-order valence-electron chi connectivity index (χ3n) is 1.63. The number of esters is 1. The van der Waals surface area contributed by atoms with Crippen molar-refractivity contribution in [2.75, 3.05) is 0 Å². The zero-order chi connectivity index (χ0) is 11.4. The lowest BCUT2D eigenvalue weighted by atomic mass is 10.3. The molecule has 0 atom stereocenters. The number of carbonyl (C=O) groups is 1. The van der Waals surface area contributed by atoms with Gasteiger partial charge in [-0.15, -0.1) is 0 Å². The van der Waals surface area contributed by atoms with E-state index in [-0.39, 0.29) is 22.9 Å². The summed E-state index contributed by atoms with van der Waals surface area (Å²) < 4.78 is 4.77. The third-order valence-corrected chi connectivity index (χ3v) is 1.87. The predicted octanol–water partition coefficient (Wildman–Crippen LogP) is 2.56. The Morgan fingerprint density at radius 3 is 2.80 bits per heavy atom. The number of hydrogen-bond donors (Lipinski definition) is 0. The summed E-state index contributed by atoms with van der Waals surface area (Å²) in [4.78, 5) is 20.9. The first kappa shape index (κ1) is 11.5. The molecule has 0 saturated carbocycles. The van der Waals surface area contributed by atoms with Crippen LogP contribution in [0.2, 0.25) is 5.02 Å². The van der Waals surface area contributed by atoms with E-state index in [2.05, 4.69) is 0 Å². The maximum Gasteiger partial charge on any atom is 0.313 e. The van der Waals surface area contributed by atoms with E-state index in [0.717, 1.165) is 6.07 Å². The number of benzene rings is 1. The molecule has 0 N–H and O–H groups in total. The Labute approximate surface area is 90.8 Å². The summed E-state index contributed by atoms with van der Waals surface area (Å²) in [5.74, 6) is -0.614. The molecule has 5 nitrogen and oxygen atoms in total. The molecular formula is C9H8ClNO4. The molecule has 1 aromatic carbocycles. The fourth-order valence-corrected chi connectivity index (χ4v) is 1.08. The van der Waals surface area contributed by atoms with Crippen molar-refractivity contribution in [2.45, 2.75) is 13.3 Å². The molecule has 0 unspecified atom stereocenters. The van der Waals surface area contributed by atoms with Gasteiger partial charge in [0, 0.05) is 17.5 Å². The second-order valence-corrected chi connectivity index (χ2v) is 3.13. The van der Waals surface area contributed by atoms with Gasteiger partial charge in [0.25, 0.3) is 0 Å². The number of nitro groups is 1.